The molecule has 0 aromatic heterocycles. The van der Waals surface area contributed by atoms with Gasteiger partial charge >= 0.3 is 0 Å². The summed E-state index contributed by atoms with van der Waals surface area (Å²) in [5.41, 5.74) is 1.90. The Kier molecular flexibility index (Phi) is 6.29. The van der Waals surface area contributed by atoms with E-state index in [1.165, 1.54) is 5.57 Å². The highest BCUT2D eigenvalue weighted by molar-refractivity contribution is 7.50. The Morgan fingerprint density at radius 1 is 0.909 bits per heavy atom. The van der Waals surface area contributed by atoms with E-state index in [2.05, 4.69) is 89.7 Å². The number of hydrogen-bond donors (Lipinski definition) is 1. The molecular formula is C18H38N3P. The van der Waals surface area contributed by atoms with Crippen molar-refractivity contribution in [3.8, 4) is 0 Å². The average Bonchev–Trinajstić information content (AvgIpc) is 2.22. The average molecular weight is 327 g/mol. The fourth-order valence-corrected chi connectivity index (χ4v) is 5.49. The Bertz CT molecular complexity index is 396. The van der Waals surface area contributed by atoms with E-state index in [-0.39, 0.29) is 16.6 Å². The summed E-state index contributed by atoms with van der Waals surface area (Å²) in [5, 5.41) is 3.95. The van der Waals surface area contributed by atoms with E-state index in [0.29, 0.717) is 0 Å². The normalized spacial score (nSPS) is 26.3. The molecule has 0 aromatic carbocycles. The highest BCUT2D eigenvalue weighted by atomic mass is 31.1. The Hall–Kier alpha value is 0.0500. The molecule has 1 heterocycles. The van der Waals surface area contributed by atoms with Gasteiger partial charge in [0.25, 0.3) is 0 Å². The van der Waals surface area contributed by atoms with Gasteiger partial charge in [0.2, 0.25) is 0 Å². The van der Waals surface area contributed by atoms with Crippen LogP contribution in [0.25, 0.3) is 0 Å². The molecule has 0 saturated heterocycles. The predicted molar refractivity (Wildman–Crippen MR) is 101 cm³/mol. The van der Waals surface area contributed by atoms with Gasteiger partial charge in [-0.25, -0.2) is 4.67 Å². The lowest BCUT2D eigenvalue weighted by atomic mass is 10.1. The summed E-state index contributed by atoms with van der Waals surface area (Å²) in [7, 11) is -0.557. The van der Waals surface area contributed by atoms with Gasteiger partial charge in [0.05, 0.1) is 0 Å². The molecule has 4 heteroatoms. The van der Waals surface area contributed by atoms with Crippen molar-refractivity contribution in [1.29, 1.82) is 0 Å². The molecule has 0 aliphatic carbocycles. The van der Waals surface area contributed by atoms with Gasteiger partial charge in [-0.15, -0.1) is 0 Å². The molecule has 3 nitrogen and oxygen atoms in total. The smallest absolute Gasteiger partial charge is 0.119 e. The van der Waals surface area contributed by atoms with Crippen molar-refractivity contribution >= 4 is 8.37 Å². The first-order valence-corrected chi connectivity index (χ1v) is 9.75. The molecule has 1 rings (SSSR count). The lowest BCUT2D eigenvalue weighted by Gasteiger charge is -2.52. The topological polar surface area (TPSA) is 18.5 Å². The second-order valence-electron chi connectivity index (χ2n) is 9.51. The van der Waals surface area contributed by atoms with Crippen molar-refractivity contribution in [1.82, 2.24) is 14.4 Å². The molecule has 0 amide bonds. The number of hydrogen-bond acceptors (Lipinski definition) is 3. The summed E-state index contributed by atoms with van der Waals surface area (Å²) in [6.07, 6.45) is 3.56. The summed E-state index contributed by atoms with van der Waals surface area (Å²) in [4.78, 5) is 0. The maximum Gasteiger partial charge on any atom is 0.119 e. The van der Waals surface area contributed by atoms with Crippen LogP contribution in [0.2, 0.25) is 0 Å². The molecule has 0 bridgehead atoms. The second-order valence-corrected chi connectivity index (χ2v) is 11.3. The molecule has 0 saturated carbocycles. The van der Waals surface area contributed by atoms with E-state index >= 15 is 0 Å². The number of nitrogens with zero attached hydrogens (tertiary/aromatic N) is 2. The van der Waals surface area contributed by atoms with E-state index in [0.717, 1.165) is 19.5 Å². The van der Waals surface area contributed by atoms with Crippen LogP contribution >= 0.6 is 8.37 Å². The fourth-order valence-electron chi connectivity index (χ4n) is 2.59. The summed E-state index contributed by atoms with van der Waals surface area (Å²) < 4.78 is 5.35. The van der Waals surface area contributed by atoms with Gasteiger partial charge < -0.3 is 0 Å². The van der Waals surface area contributed by atoms with Crippen LogP contribution in [0.5, 0.6) is 0 Å². The number of nitrogens with one attached hydrogen (secondary N) is 1. The third kappa shape index (κ3) is 5.92. The molecule has 0 fully saturated rings. The minimum atomic E-state index is -0.557. The monoisotopic (exact) mass is 327 g/mol. The van der Waals surface area contributed by atoms with Crippen LogP contribution in [0.4, 0.5) is 0 Å². The molecule has 0 radical (unpaired) electrons. The molecule has 22 heavy (non-hydrogen) atoms. The standard InChI is InChI=1S/C18H38N3P/c1-15-12-11-13-20(17(5,6)7)22(19-16(2,3)4)21(14-15)18(8,9)10/h12,19H,11,13-14H2,1-10H3/b15-12+. The van der Waals surface area contributed by atoms with Crippen molar-refractivity contribution in [2.45, 2.75) is 92.3 Å². The molecule has 130 valence electrons. The zero-order valence-corrected chi connectivity index (χ0v) is 17.4. The van der Waals surface area contributed by atoms with Crippen molar-refractivity contribution in [2.75, 3.05) is 13.1 Å². The Labute approximate surface area is 140 Å². The molecule has 1 aliphatic rings. The van der Waals surface area contributed by atoms with Gasteiger partial charge in [0.15, 0.2) is 0 Å². The van der Waals surface area contributed by atoms with E-state index in [4.69, 9.17) is 0 Å². The van der Waals surface area contributed by atoms with Gasteiger partial charge in [-0.3, -0.25) is 9.76 Å². The van der Waals surface area contributed by atoms with E-state index < -0.39 is 8.37 Å². The van der Waals surface area contributed by atoms with Crippen LogP contribution in [0.3, 0.4) is 0 Å². The Morgan fingerprint density at radius 3 is 1.82 bits per heavy atom. The Balaban J connectivity index is 3.30. The van der Waals surface area contributed by atoms with E-state index in [1.807, 2.05) is 0 Å². The summed E-state index contributed by atoms with van der Waals surface area (Å²) in [6, 6.07) is 0. The second kappa shape index (κ2) is 6.89. The summed E-state index contributed by atoms with van der Waals surface area (Å²) in [5.74, 6) is 0. The minimum Gasteiger partial charge on any atom is -0.266 e. The highest BCUT2D eigenvalue weighted by Gasteiger charge is 2.40. The van der Waals surface area contributed by atoms with Gasteiger partial charge in [0.1, 0.15) is 8.37 Å². The van der Waals surface area contributed by atoms with Gasteiger partial charge in [-0.2, -0.15) is 0 Å². The SMILES string of the molecule is C/C1=C\CCN(C(C)(C)C)P(NC(C)(C)C)N(C(C)(C)C)C1. The van der Waals surface area contributed by atoms with Crippen molar-refractivity contribution in [2.24, 2.45) is 0 Å². The molecule has 0 spiro atoms. The van der Waals surface area contributed by atoms with Crippen LogP contribution in [0.1, 0.15) is 75.7 Å². The molecule has 1 aliphatic heterocycles. The van der Waals surface area contributed by atoms with Crippen molar-refractivity contribution < 1.29 is 0 Å². The predicted octanol–water partition coefficient (Wildman–Crippen LogP) is 5.15. The van der Waals surface area contributed by atoms with Crippen molar-refractivity contribution in [3.05, 3.63) is 11.6 Å². The van der Waals surface area contributed by atoms with Gasteiger partial charge in [-0.05, 0) is 75.7 Å². The first-order valence-electron chi connectivity index (χ1n) is 8.50. The molecule has 1 N–H and O–H groups in total. The lowest BCUT2D eigenvalue weighted by Crippen LogP contribution is -2.53. The quantitative estimate of drug-likeness (QED) is 0.530. The third-order valence-corrected chi connectivity index (χ3v) is 7.00. The summed E-state index contributed by atoms with van der Waals surface area (Å²) in [6.45, 7) is 25.3. The third-order valence-electron chi connectivity index (χ3n) is 3.67. The van der Waals surface area contributed by atoms with Gasteiger partial charge in [0, 0.05) is 29.7 Å². The summed E-state index contributed by atoms with van der Waals surface area (Å²) >= 11 is 0. The lowest BCUT2D eigenvalue weighted by molar-refractivity contribution is 0.202. The first-order chi connectivity index (χ1) is 9.72. The first kappa shape index (κ1) is 20.1. The zero-order chi connectivity index (χ0) is 17.3. The van der Waals surface area contributed by atoms with Crippen molar-refractivity contribution in [3.63, 3.8) is 0 Å². The highest BCUT2D eigenvalue weighted by Crippen LogP contribution is 2.51. The maximum absolute atomic E-state index is 3.95. The maximum atomic E-state index is 3.95. The van der Waals surface area contributed by atoms with Crippen LogP contribution in [-0.2, 0) is 0 Å². The van der Waals surface area contributed by atoms with Crippen LogP contribution in [0, 0.1) is 0 Å². The number of rotatable bonds is 1. The Morgan fingerprint density at radius 2 is 1.41 bits per heavy atom. The minimum absolute atomic E-state index is 0.107. The molecular weight excluding hydrogens is 289 g/mol. The van der Waals surface area contributed by atoms with Crippen LogP contribution in [-0.4, -0.2) is 39.0 Å². The molecule has 0 aromatic rings. The van der Waals surface area contributed by atoms with Crippen LogP contribution in [0.15, 0.2) is 11.6 Å². The van der Waals surface area contributed by atoms with E-state index in [9.17, 15) is 0 Å². The van der Waals surface area contributed by atoms with Crippen LogP contribution < -0.4 is 5.09 Å². The largest absolute Gasteiger partial charge is 0.266 e. The zero-order valence-electron chi connectivity index (χ0n) is 16.5. The van der Waals surface area contributed by atoms with Gasteiger partial charge in [-0.1, -0.05) is 11.6 Å². The van der Waals surface area contributed by atoms with E-state index in [1.54, 1.807) is 0 Å². The molecule has 1 atom stereocenters. The fraction of sp³-hybridized carbons (Fsp3) is 0.889. The molecule has 1 unspecified atom stereocenters.